The summed E-state index contributed by atoms with van der Waals surface area (Å²) in [6, 6.07) is 9.21. The monoisotopic (exact) mass is 266 g/mol. The van der Waals surface area contributed by atoms with E-state index in [1.807, 2.05) is 0 Å². The Morgan fingerprint density at radius 2 is 2.20 bits per heavy atom. The van der Waals surface area contributed by atoms with Crippen LogP contribution in [0, 0.1) is 5.92 Å². The maximum absolute atomic E-state index is 3.54. The fraction of sp³-hybridized carbons (Fsp3) is 0.571. The van der Waals surface area contributed by atoms with Crippen molar-refractivity contribution >= 4 is 15.9 Å². The smallest absolute Gasteiger partial charge is 0.00602 e. The molecule has 0 spiro atoms. The lowest BCUT2D eigenvalue weighted by atomic mass is 9.79. The fourth-order valence-corrected chi connectivity index (χ4v) is 2.40. The minimum atomic E-state index is 0.738. The second-order valence-electron chi connectivity index (χ2n) is 4.84. The largest absolute Gasteiger partial charge is 0.0925 e. The van der Waals surface area contributed by atoms with Crippen molar-refractivity contribution in [2.24, 2.45) is 5.92 Å². The first-order chi connectivity index (χ1) is 7.29. The lowest BCUT2D eigenvalue weighted by Gasteiger charge is -2.26. The number of halogens is 1. The van der Waals surface area contributed by atoms with E-state index >= 15 is 0 Å². The van der Waals surface area contributed by atoms with Crippen molar-refractivity contribution in [1.82, 2.24) is 0 Å². The van der Waals surface area contributed by atoms with E-state index in [0.29, 0.717) is 0 Å². The molecule has 1 saturated carbocycles. The van der Waals surface area contributed by atoms with E-state index in [2.05, 4.69) is 47.1 Å². The molecule has 1 aromatic carbocycles. The lowest BCUT2D eigenvalue weighted by Crippen LogP contribution is -2.09. The predicted octanol–water partition coefficient (Wildman–Crippen LogP) is 4.53. The minimum Gasteiger partial charge on any atom is -0.0925 e. The number of alkyl halides is 1. The third kappa shape index (κ3) is 2.84. The first-order valence-electron chi connectivity index (χ1n) is 5.94. The molecule has 0 nitrogen and oxygen atoms in total. The van der Waals surface area contributed by atoms with Gasteiger partial charge in [-0.2, -0.15) is 0 Å². The van der Waals surface area contributed by atoms with Crippen molar-refractivity contribution in [3.05, 3.63) is 35.4 Å². The molecule has 0 aromatic heterocycles. The van der Waals surface area contributed by atoms with Crippen LogP contribution in [0.4, 0.5) is 0 Å². The highest BCUT2D eigenvalue weighted by Crippen LogP contribution is 2.36. The van der Waals surface area contributed by atoms with Gasteiger partial charge in [-0.15, -0.1) is 0 Å². The average Bonchev–Trinajstić information content (AvgIpc) is 2.15. The van der Waals surface area contributed by atoms with Gasteiger partial charge in [0.2, 0.25) is 0 Å². The first kappa shape index (κ1) is 11.2. The summed E-state index contributed by atoms with van der Waals surface area (Å²) in [6.45, 7) is 2.30. The van der Waals surface area contributed by atoms with Gasteiger partial charge in [-0.3, -0.25) is 0 Å². The quantitative estimate of drug-likeness (QED) is 0.703. The SMILES string of the molecule is CC(CBr)Cc1cccc(C2CCC2)c1. The summed E-state index contributed by atoms with van der Waals surface area (Å²) < 4.78 is 0. The highest BCUT2D eigenvalue weighted by atomic mass is 79.9. The van der Waals surface area contributed by atoms with E-state index in [1.165, 1.54) is 31.2 Å². The van der Waals surface area contributed by atoms with E-state index in [0.717, 1.165) is 17.2 Å². The normalized spacial score (nSPS) is 18.5. The van der Waals surface area contributed by atoms with Crippen LogP contribution in [0.2, 0.25) is 0 Å². The maximum Gasteiger partial charge on any atom is 0.00602 e. The number of hydrogen-bond donors (Lipinski definition) is 0. The molecule has 0 N–H and O–H groups in total. The van der Waals surface area contributed by atoms with Crippen LogP contribution >= 0.6 is 15.9 Å². The summed E-state index contributed by atoms with van der Waals surface area (Å²) in [5.74, 6) is 1.60. The Hall–Kier alpha value is -0.300. The van der Waals surface area contributed by atoms with Crippen molar-refractivity contribution in [3.8, 4) is 0 Å². The van der Waals surface area contributed by atoms with Gasteiger partial charge in [0.1, 0.15) is 0 Å². The van der Waals surface area contributed by atoms with Gasteiger partial charge >= 0.3 is 0 Å². The third-order valence-corrected chi connectivity index (χ3v) is 4.48. The van der Waals surface area contributed by atoms with E-state index in [1.54, 1.807) is 5.56 Å². The summed E-state index contributed by atoms with van der Waals surface area (Å²) >= 11 is 3.54. The van der Waals surface area contributed by atoms with Crippen LogP contribution in [0.5, 0.6) is 0 Å². The van der Waals surface area contributed by atoms with E-state index in [-0.39, 0.29) is 0 Å². The molecular formula is C14H19Br. The highest BCUT2D eigenvalue weighted by molar-refractivity contribution is 9.09. The molecule has 1 aromatic rings. The number of hydrogen-bond acceptors (Lipinski definition) is 0. The van der Waals surface area contributed by atoms with Crippen LogP contribution in [-0.4, -0.2) is 5.33 Å². The number of benzene rings is 1. The molecule has 0 amide bonds. The van der Waals surface area contributed by atoms with Crippen LogP contribution in [0.15, 0.2) is 24.3 Å². The molecule has 1 aliphatic rings. The molecule has 1 aliphatic carbocycles. The topological polar surface area (TPSA) is 0 Å². The Labute approximate surface area is 101 Å². The molecule has 2 rings (SSSR count). The Morgan fingerprint density at radius 3 is 2.80 bits per heavy atom. The van der Waals surface area contributed by atoms with Crippen molar-refractivity contribution in [2.75, 3.05) is 5.33 Å². The van der Waals surface area contributed by atoms with Crippen LogP contribution in [-0.2, 0) is 6.42 Å². The Kier molecular flexibility index (Phi) is 3.85. The van der Waals surface area contributed by atoms with Gasteiger partial charge in [0.25, 0.3) is 0 Å². The van der Waals surface area contributed by atoms with Crippen LogP contribution < -0.4 is 0 Å². The van der Waals surface area contributed by atoms with E-state index in [9.17, 15) is 0 Å². The van der Waals surface area contributed by atoms with Crippen molar-refractivity contribution in [2.45, 2.75) is 38.5 Å². The van der Waals surface area contributed by atoms with Crippen LogP contribution in [0.1, 0.15) is 43.2 Å². The molecule has 82 valence electrons. The highest BCUT2D eigenvalue weighted by Gasteiger charge is 2.19. The molecule has 1 atom stereocenters. The van der Waals surface area contributed by atoms with E-state index in [4.69, 9.17) is 0 Å². The second-order valence-corrected chi connectivity index (χ2v) is 5.48. The molecule has 0 bridgehead atoms. The van der Waals surface area contributed by atoms with Crippen molar-refractivity contribution in [1.29, 1.82) is 0 Å². The van der Waals surface area contributed by atoms with E-state index < -0.39 is 0 Å². The van der Waals surface area contributed by atoms with Gasteiger partial charge in [-0.25, -0.2) is 0 Å². The molecule has 0 heterocycles. The molecular weight excluding hydrogens is 248 g/mol. The summed E-state index contributed by atoms with van der Waals surface area (Å²) in [7, 11) is 0. The first-order valence-corrected chi connectivity index (χ1v) is 7.06. The summed E-state index contributed by atoms with van der Waals surface area (Å²) in [4.78, 5) is 0. The molecule has 1 fully saturated rings. The zero-order valence-corrected chi connectivity index (χ0v) is 11.0. The number of rotatable bonds is 4. The fourth-order valence-electron chi connectivity index (χ4n) is 2.17. The molecule has 1 unspecified atom stereocenters. The molecule has 15 heavy (non-hydrogen) atoms. The minimum absolute atomic E-state index is 0.738. The molecule has 0 aliphatic heterocycles. The Morgan fingerprint density at radius 1 is 1.40 bits per heavy atom. The second kappa shape index (κ2) is 5.16. The molecule has 1 heteroatoms. The van der Waals surface area contributed by atoms with Gasteiger partial charge in [0.05, 0.1) is 0 Å². The summed E-state index contributed by atoms with van der Waals surface area (Å²) in [5, 5.41) is 1.10. The van der Waals surface area contributed by atoms with Gasteiger partial charge < -0.3 is 0 Å². The van der Waals surface area contributed by atoms with Gasteiger partial charge in [-0.05, 0) is 42.2 Å². The maximum atomic E-state index is 3.54. The van der Waals surface area contributed by atoms with Gasteiger partial charge in [-0.1, -0.05) is 53.5 Å². The van der Waals surface area contributed by atoms with Crippen LogP contribution in [0.25, 0.3) is 0 Å². The Bertz CT molecular complexity index is 315. The van der Waals surface area contributed by atoms with Crippen molar-refractivity contribution in [3.63, 3.8) is 0 Å². The lowest BCUT2D eigenvalue weighted by molar-refractivity contribution is 0.419. The predicted molar refractivity (Wildman–Crippen MR) is 69.7 cm³/mol. The molecule has 0 saturated heterocycles. The summed E-state index contributed by atoms with van der Waals surface area (Å²) in [6.07, 6.45) is 5.42. The van der Waals surface area contributed by atoms with Crippen LogP contribution in [0.3, 0.4) is 0 Å². The van der Waals surface area contributed by atoms with Gasteiger partial charge in [0, 0.05) is 5.33 Å². The average molecular weight is 267 g/mol. The van der Waals surface area contributed by atoms with Gasteiger partial charge in [0.15, 0.2) is 0 Å². The summed E-state index contributed by atoms with van der Waals surface area (Å²) in [5.41, 5.74) is 3.08. The standard InChI is InChI=1S/C14H19Br/c1-11(10-15)8-12-4-2-7-14(9-12)13-5-3-6-13/h2,4,7,9,11,13H,3,5-6,8,10H2,1H3. The zero-order valence-electron chi connectivity index (χ0n) is 9.38. The third-order valence-electron chi connectivity index (χ3n) is 3.38. The Balaban J connectivity index is 2.04. The molecule has 0 radical (unpaired) electrons. The zero-order chi connectivity index (χ0) is 10.7. The van der Waals surface area contributed by atoms with Crippen molar-refractivity contribution < 1.29 is 0 Å².